The monoisotopic (exact) mass is 423 g/mol. The number of benzene rings is 1. The van der Waals surface area contributed by atoms with Crippen LogP contribution in [0.15, 0.2) is 51.8 Å². The number of nitrogens with one attached hydrogen (secondary N) is 1. The Kier molecular flexibility index (Phi) is 6.06. The Bertz CT molecular complexity index is 1030. The summed E-state index contributed by atoms with van der Waals surface area (Å²) in [6, 6.07) is 8.78. The van der Waals surface area contributed by atoms with E-state index < -0.39 is 0 Å². The zero-order chi connectivity index (χ0) is 21.8. The lowest BCUT2D eigenvalue weighted by molar-refractivity contribution is 0.0697. The molecule has 1 aromatic carbocycles. The highest BCUT2D eigenvalue weighted by atomic mass is 16.5. The van der Waals surface area contributed by atoms with Gasteiger partial charge in [-0.15, -0.1) is 0 Å². The van der Waals surface area contributed by atoms with E-state index in [0.717, 1.165) is 17.0 Å². The van der Waals surface area contributed by atoms with Crippen LogP contribution >= 0.6 is 0 Å². The number of ether oxygens (including phenoxy) is 1. The molecular formula is C23H25N3O5. The molecular weight excluding hydrogens is 398 g/mol. The summed E-state index contributed by atoms with van der Waals surface area (Å²) in [5.41, 5.74) is 2.79. The summed E-state index contributed by atoms with van der Waals surface area (Å²) >= 11 is 0. The lowest BCUT2D eigenvalue weighted by Gasteiger charge is -2.32. The van der Waals surface area contributed by atoms with Crippen molar-refractivity contribution in [2.24, 2.45) is 0 Å². The average Bonchev–Trinajstić information content (AvgIpc) is 3.43. The van der Waals surface area contributed by atoms with Gasteiger partial charge in [-0.3, -0.25) is 9.59 Å². The van der Waals surface area contributed by atoms with Crippen LogP contribution < -0.4 is 10.1 Å². The third-order valence-electron chi connectivity index (χ3n) is 5.55. The molecule has 0 atom stereocenters. The molecule has 1 saturated heterocycles. The molecule has 1 aliphatic rings. The quantitative estimate of drug-likeness (QED) is 0.652. The van der Waals surface area contributed by atoms with Gasteiger partial charge in [0, 0.05) is 24.7 Å². The molecule has 8 heteroatoms. The SMILES string of the molecule is Cc1noc(C)c1COc1cccc(C(=O)NC2CCN(C(=O)c3ccoc3)CC2)c1. The largest absolute Gasteiger partial charge is 0.489 e. The van der Waals surface area contributed by atoms with Crippen molar-refractivity contribution < 1.29 is 23.3 Å². The first-order chi connectivity index (χ1) is 15.0. The van der Waals surface area contributed by atoms with E-state index in [9.17, 15) is 9.59 Å². The van der Waals surface area contributed by atoms with Gasteiger partial charge in [-0.05, 0) is 51.0 Å². The van der Waals surface area contributed by atoms with E-state index in [0.29, 0.717) is 49.4 Å². The van der Waals surface area contributed by atoms with Gasteiger partial charge in [-0.25, -0.2) is 0 Å². The van der Waals surface area contributed by atoms with Crippen LogP contribution in [0.4, 0.5) is 0 Å². The lowest BCUT2D eigenvalue weighted by Crippen LogP contribution is -2.46. The predicted molar refractivity (Wildman–Crippen MR) is 112 cm³/mol. The summed E-state index contributed by atoms with van der Waals surface area (Å²) in [6.45, 7) is 5.23. The second-order valence-electron chi connectivity index (χ2n) is 7.67. The molecule has 1 N–H and O–H groups in total. The normalized spacial score (nSPS) is 14.5. The van der Waals surface area contributed by atoms with Crippen molar-refractivity contribution in [3.05, 3.63) is 71.0 Å². The van der Waals surface area contributed by atoms with Crippen LogP contribution in [0.25, 0.3) is 0 Å². The molecule has 0 spiro atoms. The number of rotatable bonds is 6. The maximum absolute atomic E-state index is 12.7. The number of nitrogens with zero attached hydrogens (tertiary/aromatic N) is 2. The van der Waals surface area contributed by atoms with Gasteiger partial charge in [0.2, 0.25) is 0 Å². The molecule has 162 valence electrons. The van der Waals surface area contributed by atoms with E-state index in [1.54, 1.807) is 29.2 Å². The minimum Gasteiger partial charge on any atom is -0.489 e. The van der Waals surface area contributed by atoms with Gasteiger partial charge in [0.05, 0.1) is 23.1 Å². The zero-order valence-electron chi connectivity index (χ0n) is 17.6. The van der Waals surface area contributed by atoms with Crippen LogP contribution in [0, 0.1) is 13.8 Å². The fraction of sp³-hybridized carbons (Fsp3) is 0.348. The number of hydrogen-bond donors (Lipinski definition) is 1. The van der Waals surface area contributed by atoms with Crippen LogP contribution in [0.5, 0.6) is 5.75 Å². The Balaban J connectivity index is 1.30. The van der Waals surface area contributed by atoms with E-state index in [4.69, 9.17) is 13.7 Å². The van der Waals surface area contributed by atoms with Crippen molar-refractivity contribution in [2.45, 2.75) is 39.3 Å². The molecule has 4 rings (SSSR count). The first-order valence-electron chi connectivity index (χ1n) is 10.3. The highest BCUT2D eigenvalue weighted by molar-refractivity contribution is 5.95. The van der Waals surface area contributed by atoms with E-state index in [-0.39, 0.29) is 17.9 Å². The fourth-order valence-corrected chi connectivity index (χ4v) is 3.65. The maximum atomic E-state index is 12.7. The summed E-state index contributed by atoms with van der Waals surface area (Å²) in [5, 5.41) is 6.99. The second kappa shape index (κ2) is 9.07. The van der Waals surface area contributed by atoms with Gasteiger partial charge in [-0.2, -0.15) is 0 Å². The predicted octanol–water partition coefficient (Wildman–Crippen LogP) is 3.50. The van der Waals surface area contributed by atoms with Crippen LogP contribution in [0.1, 0.15) is 50.6 Å². The molecule has 31 heavy (non-hydrogen) atoms. The van der Waals surface area contributed by atoms with Crippen LogP contribution in [0.3, 0.4) is 0 Å². The maximum Gasteiger partial charge on any atom is 0.257 e. The number of carbonyl (C=O) groups excluding carboxylic acids is 2. The van der Waals surface area contributed by atoms with Crippen molar-refractivity contribution in [1.82, 2.24) is 15.4 Å². The van der Waals surface area contributed by atoms with Gasteiger partial charge in [0.25, 0.3) is 11.8 Å². The van der Waals surface area contributed by atoms with E-state index in [1.165, 1.54) is 12.5 Å². The van der Waals surface area contributed by atoms with E-state index >= 15 is 0 Å². The molecule has 2 aromatic heterocycles. The molecule has 0 radical (unpaired) electrons. The first-order valence-corrected chi connectivity index (χ1v) is 10.3. The number of aryl methyl sites for hydroxylation is 2. The van der Waals surface area contributed by atoms with Gasteiger partial charge in [0.1, 0.15) is 24.4 Å². The minimum atomic E-state index is -0.151. The lowest BCUT2D eigenvalue weighted by atomic mass is 10.0. The highest BCUT2D eigenvalue weighted by Gasteiger charge is 2.25. The number of likely N-dealkylation sites (tertiary alicyclic amines) is 1. The fourth-order valence-electron chi connectivity index (χ4n) is 3.65. The summed E-state index contributed by atoms with van der Waals surface area (Å²) in [7, 11) is 0. The molecule has 3 aromatic rings. The Morgan fingerprint density at radius 3 is 2.68 bits per heavy atom. The standard InChI is InChI=1S/C23H25N3O5/c1-15-21(16(2)31-25-15)14-30-20-5-3-4-17(12-20)22(27)24-19-6-9-26(10-7-19)23(28)18-8-11-29-13-18/h3-5,8,11-13,19H,6-7,9-10,14H2,1-2H3,(H,24,27). The third-order valence-corrected chi connectivity index (χ3v) is 5.55. The summed E-state index contributed by atoms with van der Waals surface area (Å²) in [5.74, 6) is 1.14. The minimum absolute atomic E-state index is 0.0211. The van der Waals surface area contributed by atoms with Gasteiger partial charge in [0.15, 0.2) is 0 Å². The highest BCUT2D eigenvalue weighted by Crippen LogP contribution is 2.19. The van der Waals surface area contributed by atoms with E-state index in [1.807, 2.05) is 19.9 Å². The molecule has 0 unspecified atom stereocenters. The van der Waals surface area contributed by atoms with E-state index in [2.05, 4.69) is 10.5 Å². The Morgan fingerprint density at radius 1 is 1.19 bits per heavy atom. The Hall–Kier alpha value is -3.55. The molecule has 2 amide bonds. The second-order valence-corrected chi connectivity index (χ2v) is 7.67. The van der Waals surface area contributed by atoms with Gasteiger partial charge < -0.3 is 23.9 Å². The molecule has 3 heterocycles. The number of aromatic nitrogens is 1. The van der Waals surface area contributed by atoms with Crippen LogP contribution in [-0.2, 0) is 6.61 Å². The number of carbonyl (C=O) groups is 2. The Labute approximate surface area is 180 Å². The molecule has 0 bridgehead atoms. The van der Waals surface area contributed by atoms with Gasteiger partial charge in [-0.1, -0.05) is 11.2 Å². The summed E-state index contributed by atoms with van der Waals surface area (Å²) in [4.78, 5) is 26.9. The van der Waals surface area contributed by atoms with Crippen molar-refractivity contribution in [3.63, 3.8) is 0 Å². The summed E-state index contributed by atoms with van der Waals surface area (Å²) in [6.07, 6.45) is 4.36. The van der Waals surface area contributed by atoms with Crippen molar-refractivity contribution in [2.75, 3.05) is 13.1 Å². The number of hydrogen-bond acceptors (Lipinski definition) is 6. The smallest absolute Gasteiger partial charge is 0.257 e. The number of piperidine rings is 1. The molecule has 0 aliphatic carbocycles. The van der Waals surface area contributed by atoms with Crippen molar-refractivity contribution >= 4 is 11.8 Å². The summed E-state index contributed by atoms with van der Waals surface area (Å²) < 4.78 is 16.0. The molecule has 0 saturated carbocycles. The van der Waals surface area contributed by atoms with Gasteiger partial charge >= 0.3 is 0 Å². The number of amides is 2. The average molecular weight is 423 g/mol. The number of furan rings is 1. The molecule has 1 aliphatic heterocycles. The van der Waals surface area contributed by atoms with Crippen molar-refractivity contribution in [1.29, 1.82) is 0 Å². The van der Waals surface area contributed by atoms with Crippen LogP contribution in [-0.4, -0.2) is 41.0 Å². The zero-order valence-corrected chi connectivity index (χ0v) is 17.6. The molecule has 8 nitrogen and oxygen atoms in total. The first kappa shape index (κ1) is 20.7. The Morgan fingerprint density at radius 2 is 2.00 bits per heavy atom. The van der Waals surface area contributed by atoms with Crippen LogP contribution in [0.2, 0.25) is 0 Å². The topological polar surface area (TPSA) is 97.8 Å². The van der Waals surface area contributed by atoms with Crippen molar-refractivity contribution in [3.8, 4) is 5.75 Å². The molecule has 1 fully saturated rings. The third kappa shape index (κ3) is 4.79.